The maximum atomic E-state index is 11.0. The minimum absolute atomic E-state index is 0.619. The summed E-state index contributed by atoms with van der Waals surface area (Å²) in [6.07, 6.45) is 5.67. The molecule has 1 N–H and O–H groups in total. The van der Waals surface area contributed by atoms with Gasteiger partial charge in [0.15, 0.2) is 0 Å². The Balaban J connectivity index is 1.79. The second kappa shape index (κ2) is 5.37. The molecule has 0 spiro atoms. The number of thioether (sulfide) groups is 1. The smallest absolute Gasteiger partial charge is 0.119 e. The molecule has 0 saturated carbocycles. The predicted octanol–water partition coefficient (Wildman–Crippen LogP) is 3.72. The highest BCUT2D eigenvalue weighted by Crippen LogP contribution is 2.49. The number of hydrogen-bond donors (Lipinski definition) is 1. The number of rotatable bonds is 3. The van der Waals surface area contributed by atoms with Crippen LogP contribution in [0.5, 0.6) is 5.75 Å². The molecular weight excluding hydrogens is 256 g/mol. The van der Waals surface area contributed by atoms with Crippen LogP contribution >= 0.6 is 11.8 Å². The van der Waals surface area contributed by atoms with Gasteiger partial charge < -0.3 is 9.84 Å². The first kappa shape index (κ1) is 13.3. The van der Waals surface area contributed by atoms with Crippen LogP contribution in [0.3, 0.4) is 0 Å². The van der Waals surface area contributed by atoms with E-state index in [0.717, 1.165) is 24.2 Å². The van der Waals surface area contributed by atoms with Crippen molar-refractivity contribution in [2.75, 3.05) is 6.61 Å². The molecular formula is C16H22O2S. The van der Waals surface area contributed by atoms with Crippen molar-refractivity contribution in [2.45, 2.75) is 55.1 Å². The molecule has 3 heteroatoms. The Morgan fingerprint density at radius 2 is 1.84 bits per heavy atom. The topological polar surface area (TPSA) is 29.5 Å². The second-order valence-electron chi connectivity index (χ2n) is 5.71. The summed E-state index contributed by atoms with van der Waals surface area (Å²) >= 11 is 2.10. The quantitative estimate of drug-likeness (QED) is 0.913. The van der Waals surface area contributed by atoms with E-state index >= 15 is 0 Å². The van der Waals surface area contributed by atoms with Crippen LogP contribution in [0.15, 0.2) is 24.3 Å². The molecule has 0 radical (unpaired) electrons. The van der Waals surface area contributed by atoms with Gasteiger partial charge in [-0.25, -0.2) is 0 Å². The van der Waals surface area contributed by atoms with Crippen LogP contribution in [-0.2, 0) is 5.60 Å². The highest BCUT2D eigenvalue weighted by Gasteiger charge is 2.42. The zero-order valence-corrected chi connectivity index (χ0v) is 12.3. The number of fused-ring (bicyclic) bond motifs is 2. The normalized spacial score (nSPS) is 34.0. The monoisotopic (exact) mass is 278 g/mol. The SMILES string of the molecule is CCOc1ccc(C2(O)CC3CCCC(C2)S3)cc1. The van der Waals surface area contributed by atoms with E-state index in [2.05, 4.69) is 11.8 Å². The number of hydrogen-bond acceptors (Lipinski definition) is 3. The molecule has 2 nitrogen and oxygen atoms in total. The molecule has 1 aromatic carbocycles. The lowest BCUT2D eigenvalue weighted by Gasteiger charge is -2.44. The van der Waals surface area contributed by atoms with Crippen LogP contribution in [0, 0.1) is 0 Å². The largest absolute Gasteiger partial charge is 0.494 e. The first-order valence-corrected chi connectivity index (χ1v) is 8.25. The van der Waals surface area contributed by atoms with Crippen LogP contribution < -0.4 is 4.74 Å². The van der Waals surface area contributed by atoms with Gasteiger partial charge in [-0.05, 0) is 50.3 Å². The van der Waals surface area contributed by atoms with Crippen molar-refractivity contribution in [1.82, 2.24) is 0 Å². The van der Waals surface area contributed by atoms with Crippen molar-refractivity contribution < 1.29 is 9.84 Å². The first-order chi connectivity index (χ1) is 9.19. The van der Waals surface area contributed by atoms with Gasteiger partial charge >= 0.3 is 0 Å². The molecule has 2 heterocycles. The maximum Gasteiger partial charge on any atom is 0.119 e. The zero-order valence-electron chi connectivity index (χ0n) is 11.5. The molecule has 104 valence electrons. The average Bonchev–Trinajstić information content (AvgIpc) is 2.39. The lowest BCUT2D eigenvalue weighted by atomic mass is 9.80. The van der Waals surface area contributed by atoms with Gasteiger partial charge in [0.25, 0.3) is 0 Å². The summed E-state index contributed by atoms with van der Waals surface area (Å²) in [5, 5.41) is 12.3. The summed E-state index contributed by atoms with van der Waals surface area (Å²) in [7, 11) is 0. The lowest BCUT2D eigenvalue weighted by molar-refractivity contribution is 0.00809. The highest BCUT2D eigenvalue weighted by molar-refractivity contribution is 8.00. The van der Waals surface area contributed by atoms with Crippen molar-refractivity contribution in [2.24, 2.45) is 0 Å². The molecule has 2 aliphatic heterocycles. The van der Waals surface area contributed by atoms with Crippen LogP contribution in [0.1, 0.15) is 44.6 Å². The van der Waals surface area contributed by atoms with Gasteiger partial charge in [0.2, 0.25) is 0 Å². The van der Waals surface area contributed by atoms with Gasteiger partial charge in [-0.3, -0.25) is 0 Å². The molecule has 2 unspecified atom stereocenters. The van der Waals surface area contributed by atoms with Crippen LogP contribution in [-0.4, -0.2) is 22.2 Å². The fourth-order valence-corrected chi connectivity index (χ4v) is 5.28. The molecule has 3 rings (SSSR count). The third-order valence-corrected chi connectivity index (χ3v) is 5.85. The van der Waals surface area contributed by atoms with Crippen molar-refractivity contribution in [3.05, 3.63) is 29.8 Å². The van der Waals surface area contributed by atoms with E-state index < -0.39 is 5.60 Å². The molecule has 0 amide bonds. The van der Waals surface area contributed by atoms with E-state index in [1.54, 1.807) is 0 Å². The summed E-state index contributed by atoms with van der Waals surface area (Å²) in [6.45, 7) is 2.67. The fraction of sp³-hybridized carbons (Fsp3) is 0.625. The van der Waals surface area contributed by atoms with E-state index in [1.807, 2.05) is 31.2 Å². The van der Waals surface area contributed by atoms with E-state index in [1.165, 1.54) is 19.3 Å². The van der Waals surface area contributed by atoms with Gasteiger partial charge in [-0.15, -0.1) is 0 Å². The highest BCUT2D eigenvalue weighted by atomic mass is 32.2. The van der Waals surface area contributed by atoms with Crippen molar-refractivity contribution in [3.63, 3.8) is 0 Å². The molecule has 2 bridgehead atoms. The maximum absolute atomic E-state index is 11.0. The number of benzene rings is 1. The summed E-state index contributed by atoms with van der Waals surface area (Å²) in [6, 6.07) is 8.04. The van der Waals surface area contributed by atoms with Gasteiger partial charge in [0, 0.05) is 10.5 Å². The minimum atomic E-state index is -0.619. The number of ether oxygens (including phenoxy) is 1. The summed E-state index contributed by atoms with van der Waals surface area (Å²) in [5.74, 6) is 0.889. The molecule has 19 heavy (non-hydrogen) atoms. The van der Waals surface area contributed by atoms with Crippen LogP contribution in [0.25, 0.3) is 0 Å². The number of aliphatic hydroxyl groups is 1. The molecule has 2 saturated heterocycles. The van der Waals surface area contributed by atoms with Crippen molar-refractivity contribution >= 4 is 11.8 Å². The first-order valence-electron chi connectivity index (χ1n) is 7.31. The standard InChI is InChI=1S/C16H22O2S/c1-2-18-13-8-6-12(7-9-13)16(17)10-14-4-3-5-15(11-16)19-14/h6-9,14-15,17H,2-5,10-11H2,1H3. The zero-order chi connectivity index (χ0) is 13.3. The molecule has 1 aromatic rings. The lowest BCUT2D eigenvalue weighted by Crippen LogP contribution is -2.40. The second-order valence-corrected chi connectivity index (χ2v) is 7.31. The summed E-state index contributed by atoms with van der Waals surface area (Å²) < 4.78 is 5.47. The Labute approximate surface area is 119 Å². The summed E-state index contributed by atoms with van der Waals surface area (Å²) in [4.78, 5) is 0. The average molecular weight is 278 g/mol. The van der Waals surface area contributed by atoms with Crippen LogP contribution in [0.2, 0.25) is 0 Å². The molecule has 0 aromatic heterocycles. The van der Waals surface area contributed by atoms with E-state index in [9.17, 15) is 5.11 Å². The Kier molecular flexibility index (Phi) is 3.77. The fourth-order valence-electron chi connectivity index (χ4n) is 3.38. The Morgan fingerprint density at radius 1 is 1.21 bits per heavy atom. The van der Waals surface area contributed by atoms with Crippen LogP contribution in [0.4, 0.5) is 0 Å². The summed E-state index contributed by atoms with van der Waals surface area (Å²) in [5.41, 5.74) is 0.444. The van der Waals surface area contributed by atoms with Crippen molar-refractivity contribution in [3.8, 4) is 5.75 Å². The Bertz CT molecular complexity index is 417. The molecule has 2 aliphatic rings. The molecule has 2 fully saturated rings. The van der Waals surface area contributed by atoms with Gasteiger partial charge in [0.1, 0.15) is 5.75 Å². The third kappa shape index (κ3) is 2.77. The van der Waals surface area contributed by atoms with Gasteiger partial charge in [-0.1, -0.05) is 18.6 Å². The Hall–Kier alpha value is -0.670. The molecule has 2 atom stereocenters. The van der Waals surface area contributed by atoms with Gasteiger partial charge in [-0.2, -0.15) is 11.8 Å². The third-order valence-electron chi connectivity index (χ3n) is 4.27. The molecule has 0 aliphatic carbocycles. The van der Waals surface area contributed by atoms with E-state index in [4.69, 9.17) is 4.74 Å². The minimum Gasteiger partial charge on any atom is -0.494 e. The van der Waals surface area contributed by atoms with Gasteiger partial charge in [0.05, 0.1) is 12.2 Å². The van der Waals surface area contributed by atoms with Crippen molar-refractivity contribution in [1.29, 1.82) is 0 Å². The Morgan fingerprint density at radius 3 is 2.42 bits per heavy atom. The predicted molar refractivity (Wildman–Crippen MR) is 79.8 cm³/mol. The van der Waals surface area contributed by atoms with E-state index in [0.29, 0.717) is 17.1 Å². The van der Waals surface area contributed by atoms with E-state index in [-0.39, 0.29) is 0 Å².